The molecule has 0 saturated heterocycles. The summed E-state index contributed by atoms with van der Waals surface area (Å²) in [5.41, 5.74) is 0. The third-order valence-corrected chi connectivity index (χ3v) is 5.13. The lowest BCUT2D eigenvalue weighted by Crippen LogP contribution is -2.28. The summed E-state index contributed by atoms with van der Waals surface area (Å²) >= 11 is 12.0. The zero-order chi connectivity index (χ0) is 12.3. The van der Waals surface area contributed by atoms with Crippen molar-refractivity contribution in [3.05, 3.63) is 27.6 Å². The van der Waals surface area contributed by atoms with Gasteiger partial charge in [0.2, 0.25) is 0 Å². The molecule has 8 heteroatoms. The Morgan fingerprint density at radius 1 is 1.50 bits per heavy atom. The molecule has 0 unspecified atom stereocenters. The zero-order valence-corrected chi connectivity index (χ0v) is 11.2. The highest BCUT2D eigenvalue weighted by Gasteiger charge is 2.20. The van der Waals surface area contributed by atoms with Crippen LogP contribution in [-0.4, -0.2) is 14.3 Å². The number of carbonyl (C=O) groups excluding carboxylic acids is 1. The van der Waals surface area contributed by atoms with Gasteiger partial charge in [-0.1, -0.05) is 29.3 Å². The van der Waals surface area contributed by atoms with E-state index in [1.165, 1.54) is 12.1 Å². The van der Waals surface area contributed by atoms with Crippen LogP contribution in [0, 0.1) is 0 Å². The molecule has 0 fully saturated rings. The molecular weight excluding hydrogens is 293 g/mol. The van der Waals surface area contributed by atoms with Crippen LogP contribution in [0.15, 0.2) is 22.4 Å². The van der Waals surface area contributed by atoms with Crippen molar-refractivity contribution in [2.45, 2.75) is 11.1 Å². The summed E-state index contributed by atoms with van der Waals surface area (Å²) < 4.78 is 25.1. The minimum atomic E-state index is -3.88. The van der Waals surface area contributed by atoms with E-state index in [0.29, 0.717) is 0 Å². The lowest BCUT2D eigenvalue weighted by Gasteiger charge is -2.00. The molecule has 1 amide bonds. The molecule has 1 N–H and O–H groups in total. The van der Waals surface area contributed by atoms with Gasteiger partial charge in [-0.05, 0) is 19.1 Å². The van der Waals surface area contributed by atoms with Gasteiger partial charge in [0, 0.05) is 0 Å². The van der Waals surface area contributed by atoms with E-state index in [9.17, 15) is 13.2 Å². The van der Waals surface area contributed by atoms with Crippen molar-refractivity contribution in [1.29, 1.82) is 0 Å². The molecule has 0 aliphatic heterocycles. The monoisotopic (exact) mass is 299 g/mol. The van der Waals surface area contributed by atoms with Crippen molar-refractivity contribution < 1.29 is 13.2 Å². The minimum absolute atomic E-state index is 0.0969. The Morgan fingerprint density at radius 3 is 2.56 bits per heavy atom. The first-order chi connectivity index (χ1) is 7.36. The number of hydrogen-bond donors (Lipinski definition) is 1. The Kier molecular flexibility index (Phi) is 4.37. The second-order valence-corrected chi connectivity index (χ2v) is 6.63. The number of amides is 1. The summed E-state index contributed by atoms with van der Waals surface area (Å²) in [7, 11) is -3.88. The molecule has 0 radical (unpaired) electrons. The molecule has 0 bridgehead atoms. The smallest absolute Gasteiger partial charge is 0.269 e. The number of allylic oxidation sites excluding steroid dienone is 1. The second kappa shape index (κ2) is 5.18. The van der Waals surface area contributed by atoms with Crippen LogP contribution in [0.5, 0.6) is 0 Å². The van der Waals surface area contributed by atoms with Crippen LogP contribution in [0.25, 0.3) is 0 Å². The Morgan fingerprint density at radius 2 is 2.12 bits per heavy atom. The number of sulfonamides is 1. The Balaban J connectivity index is 2.99. The van der Waals surface area contributed by atoms with Gasteiger partial charge in [0.25, 0.3) is 15.9 Å². The molecule has 0 saturated carbocycles. The molecule has 1 aromatic heterocycles. The van der Waals surface area contributed by atoms with Crippen molar-refractivity contribution in [2.75, 3.05) is 0 Å². The lowest BCUT2D eigenvalue weighted by atomic mass is 10.5. The predicted molar refractivity (Wildman–Crippen MR) is 64.5 cm³/mol. The van der Waals surface area contributed by atoms with Gasteiger partial charge in [0.05, 0.1) is 5.02 Å². The molecule has 0 spiro atoms. The average molecular weight is 300 g/mol. The standard InChI is InChI=1S/C8H7Cl2NO3S2/c1-2-3-6(12)11-16(13,14)7-4-5(9)8(10)15-7/h2-4H,1H3,(H,11,12)/b3-2+. The number of thiophene rings is 1. The van der Waals surface area contributed by atoms with Gasteiger partial charge in [-0.3, -0.25) is 4.79 Å². The topological polar surface area (TPSA) is 63.2 Å². The summed E-state index contributed by atoms with van der Waals surface area (Å²) in [5.74, 6) is -0.719. The van der Waals surface area contributed by atoms with Gasteiger partial charge in [0.1, 0.15) is 8.55 Å². The van der Waals surface area contributed by atoms with Crippen molar-refractivity contribution in [3.8, 4) is 0 Å². The van der Waals surface area contributed by atoms with Gasteiger partial charge in [-0.25, -0.2) is 13.1 Å². The van der Waals surface area contributed by atoms with Crippen LogP contribution in [0.1, 0.15) is 6.92 Å². The maximum atomic E-state index is 11.6. The van der Waals surface area contributed by atoms with Crippen LogP contribution in [0.3, 0.4) is 0 Å². The maximum absolute atomic E-state index is 11.6. The lowest BCUT2D eigenvalue weighted by molar-refractivity contribution is -0.114. The van der Waals surface area contributed by atoms with E-state index >= 15 is 0 Å². The third kappa shape index (κ3) is 3.21. The quantitative estimate of drug-likeness (QED) is 0.872. The number of nitrogens with one attached hydrogen (secondary N) is 1. The highest BCUT2D eigenvalue weighted by Crippen LogP contribution is 2.33. The molecule has 4 nitrogen and oxygen atoms in total. The number of rotatable bonds is 3. The molecule has 88 valence electrons. The fourth-order valence-electron chi connectivity index (χ4n) is 0.827. The predicted octanol–water partition coefficient (Wildman–Crippen LogP) is 2.44. The molecule has 0 aliphatic carbocycles. The van der Waals surface area contributed by atoms with Gasteiger partial charge in [0.15, 0.2) is 0 Å². The Bertz CT molecular complexity index is 514. The van der Waals surface area contributed by atoms with E-state index in [0.717, 1.165) is 17.4 Å². The van der Waals surface area contributed by atoms with E-state index < -0.39 is 15.9 Å². The molecule has 0 atom stereocenters. The summed E-state index contributed by atoms with van der Waals surface area (Å²) in [5, 5.41) is 0.144. The molecule has 1 heterocycles. The van der Waals surface area contributed by atoms with Crippen molar-refractivity contribution in [3.63, 3.8) is 0 Å². The van der Waals surface area contributed by atoms with E-state index in [2.05, 4.69) is 0 Å². The van der Waals surface area contributed by atoms with Crippen LogP contribution in [-0.2, 0) is 14.8 Å². The summed E-state index contributed by atoms with van der Waals surface area (Å²) in [4.78, 5) is 11.1. The minimum Gasteiger partial charge on any atom is -0.269 e. The van der Waals surface area contributed by atoms with E-state index in [1.807, 2.05) is 4.72 Å². The number of carbonyl (C=O) groups is 1. The molecular formula is C8H7Cl2NO3S2. The Labute approximate surface area is 107 Å². The summed E-state index contributed by atoms with van der Waals surface area (Å²) in [6.45, 7) is 1.60. The first kappa shape index (κ1) is 13.5. The largest absolute Gasteiger partial charge is 0.273 e. The van der Waals surface area contributed by atoms with Crippen LogP contribution in [0.2, 0.25) is 9.36 Å². The Hall–Kier alpha value is -0.560. The van der Waals surface area contributed by atoms with E-state index in [1.54, 1.807) is 6.92 Å². The average Bonchev–Trinajstić information content (AvgIpc) is 2.47. The highest BCUT2D eigenvalue weighted by molar-refractivity contribution is 7.92. The normalized spacial score (nSPS) is 11.9. The maximum Gasteiger partial charge on any atom is 0.273 e. The first-order valence-corrected chi connectivity index (χ1v) is 7.06. The van der Waals surface area contributed by atoms with Crippen LogP contribution >= 0.6 is 34.5 Å². The number of halogens is 2. The van der Waals surface area contributed by atoms with Gasteiger partial charge < -0.3 is 0 Å². The van der Waals surface area contributed by atoms with Gasteiger partial charge >= 0.3 is 0 Å². The second-order valence-electron chi connectivity index (χ2n) is 2.66. The molecule has 0 aliphatic rings. The molecule has 0 aromatic carbocycles. The fourth-order valence-corrected chi connectivity index (χ4v) is 3.65. The van der Waals surface area contributed by atoms with E-state index in [4.69, 9.17) is 23.2 Å². The molecule has 1 rings (SSSR count). The van der Waals surface area contributed by atoms with Crippen LogP contribution < -0.4 is 4.72 Å². The third-order valence-electron chi connectivity index (χ3n) is 1.44. The van der Waals surface area contributed by atoms with Gasteiger partial charge in [-0.2, -0.15) is 0 Å². The zero-order valence-electron chi connectivity index (χ0n) is 8.03. The molecule has 1 aromatic rings. The summed E-state index contributed by atoms with van der Waals surface area (Å²) in [6.07, 6.45) is 2.54. The van der Waals surface area contributed by atoms with Crippen LogP contribution in [0.4, 0.5) is 0 Å². The van der Waals surface area contributed by atoms with Crippen molar-refractivity contribution in [2.24, 2.45) is 0 Å². The van der Waals surface area contributed by atoms with Crippen molar-refractivity contribution in [1.82, 2.24) is 4.72 Å². The highest BCUT2D eigenvalue weighted by atomic mass is 35.5. The number of hydrogen-bond acceptors (Lipinski definition) is 4. The fraction of sp³-hybridized carbons (Fsp3) is 0.125. The van der Waals surface area contributed by atoms with Gasteiger partial charge in [-0.15, -0.1) is 11.3 Å². The first-order valence-electron chi connectivity index (χ1n) is 4.01. The van der Waals surface area contributed by atoms with Crippen molar-refractivity contribution >= 4 is 50.5 Å². The summed E-state index contributed by atoms with van der Waals surface area (Å²) in [6, 6.07) is 1.19. The SMILES string of the molecule is C/C=C/C(=O)NS(=O)(=O)c1cc(Cl)c(Cl)s1. The van der Waals surface area contributed by atoms with E-state index in [-0.39, 0.29) is 13.6 Å². The molecule has 16 heavy (non-hydrogen) atoms.